The van der Waals surface area contributed by atoms with Crippen molar-refractivity contribution in [2.45, 2.75) is 38.1 Å². The summed E-state index contributed by atoms with van der Waals surface area (Å²) in [7, 11) is 0. The highest BCUT2D eigenvalue weighted by atomic mass is 32.1. The molecule has 6 heteroatoms. The third-order valence-electron chi connectivity index (χ3n) is 5.16. The van der Waals surface area contributed by atoms with E-state index >= 15 is 0 Å². The molecule has 132 valence electrons. The lowest BCUT2D eigenvalue weighted by Crippen LogP contribution is -2.46. The van der Waals surface area contributed by atoms with Gasteiger partial charge in [0.05, 0.1) is 6.04 Å². The summed E-state index contributed by atoms with van der Waals surface area (Å²) >= 11 is 1.65. The van der Waals surface area contributed by atoms with Crippen LogP contribution in [0, 0.1) is 6.92 Å². The minimum Gasteiger partial charge on any atom is -0.427 e. The van der Waals surface area contributed by atoms with Crippen LogP contribution in [0.5, 0.6) is 0 Å². The average Bonchev–Trinajstić information content (AvgIpc) is 3.07. The van der Waals surface area contributed by atoms with Gasteiger partial charge in [-0.25, -0.2) is 4.79 Å². The second-order valence-corrected chi connectivity index (χ2v) is 7.68. The van der Waals surface area contributed by atoms with Crippen molar-refractivity contribution in [3.05, 3.63) is 55.8 Å². The zero-order chi connectivity index (χ0) is 17.4. The third-order valence-corrected chi connectivity index (χ3v) is 6.13. The molecule has 2 aliphatic heterocycles. The van der Waals surface area contributed by atoms with Crippen molar-refractivity contribution in [3.8, 4) is 0 Å². The first-order valence-corrected chi connectivity index (χ1v) is 9.60. The number of likely N-dealkylation sites (tertiary alicyclic amines) is 1. The first kappa shape index (κ1) is 16.5. The lowest BCUT2D eigenvalue weighted by Gasteiger charge is -2.40. The Morgan fingerprint density at radius 1 is 1.28 bits per heavy atom. The first-order chi connectivity index (χ1) is 12.1. The Kier molecular flexibility index (Phi) is 4.48. The van der Waals surface area contributed by atoms with Gasteiger partial charge >= 0.3 is 5.63 Å². The smallest absolute Gasteiger partial charge is 0.349 e. The molecule has 2 saturated heterocycles. The van der Waals surface area contributed by atoms with E-state index in [0.717, 1.165) is 19.3 Å². The summed E-state index contributed by atoms with van der Waals surface area (Å²) in [6, 6.07) is 5.98. The molecule has 1 amide bonds. The summed E-state index contributed by atoms with van der Waals surface area (Å²) in [5.41, 5.74) is 0.375. The summed E-state index contributed by atoms with van der Waals surface area (Å²) in [6.45, 7) is 3.88. The standard InChI is InChI=1S/C19H21NO4S/c1-12-11-15(13-5-8-23-9-6-13)24-19(22)17(12)18(21)20-7-4-14(20)16-3-2-10-25-16/h2-3,10-11,13-14H,4-9H2,1H3. The molecule has 2 aromatic heterocycles. The van der Waals surface area contributed by atoms with Crippen LogP contribution < -0.4 is 5.63 Å². The highest BCUT2D eigenvalue weighted by molar-refractivity contribution is 7.10. The fourth-order valence-electron chi connectivity index (χ4n) is 3.62. The fourth-order valence-corrected chi connectivity index (χ4v) is 4.50. The van der Waals surface area contributed by atoms with Gasteiger partial charge in [-0.15, -0.1) is 11.3 Å². The maximum atomic E-state index is 12.9. The average molecular weight is 359 g/mol. The SMILES string of the molecule is Cc1cc(C2CCOCC2)oc(=O)c1C(=O)N1CCC1c1cccs1. The molecular formula is C19H21NO4S. The van der Waals surface area contributed by atoms with Gasteiger partial charge in [0, 0.05) is 30.6 Å². The molecule has 1 unspecified atom stereocenters. The minimum atomic E-state index is -0.511. The predicted octanol–water partition coefficient (Wildman–Crippen LogP) is 3.49. The largest absolute Gasteiger partial charge is 0.427 e. The Bertz CT molecular complexity index is 820. The van der Waals surface area contributed by atoms with E-state index in [1.54, 1.807) is 16.2 Å². The van der Waals surface area contributed by atoms with E-state index in [1.807, 2.05) is 30.5 Å². The van der Waals surface area contributed by atoms with Crippen LogP contribution in [0.1, 0.15) is 57.8 Å². The number of amides is 1. The zero-order valence-corrected chi connectivity index (χ0v) is 15.0. The number of rotatable bonds is 3. The van der Waals surface area contributed by atoms with Crippen molar-refractivity contribution >= 4 is 17.2 Å². The number of ether oxygens (including phenoxy) is 1. The van der Waals surface area contributed by atoms with E-state index in [-0.39, 0.29) is 23.4 Å². The van der Waals surface area contributed by atoms with Crippen LogP contribution >= 0.6 is 11.3 Å². The number of carbonyl (C=O) groups excluding carboxylic acids is 1. The van der Waals surface area contributed by atoms with Crippen LogP contribution in [-0.4, -0.2) is 30.6 Å². The van der Waals surface area contributed by atoms with Gasteiger partial charge in [-0.05, 0) is 49.3 Å². The Morgan fingerprint density at radius 2 is 2.08 bits per heavy atom. The van der Waals surface area contributed by atoms with Crippen molar-refractivity contribution in [3.63, 3.8) is 0 Å². The molecule has 0 bridgehead atoms. The van der Waals surface area contributed by atoms with E-state index in [9.17, 15) is 9.59 Å². The number of aryl methyl sites for hydroxylation is 1. The molecule has 0 aromatic carbocycles. The van der Waals surface area contributed by atoms with Crippen molar-refractivity contribution < 1.29 is 13.9 Å². The minimum absolute atomic E-state index is 0.0847. The maximum Gasteiger partial charge on any atom is 0.349 e. The van der Waals surface area contributed by atoms with Crippen molar-refractivity contribution in [1.82, 2.24) is 4.90 Å². The van der Waals surface area contributed by atoms with Crippen LogP contribution in [0.4, 0.5) is 0 Å². The summed E-state index contributed by atoms with van der Waals surface area (Å²) in [4.78, 5) is 28.4. The number of nitrogens with zero attached hydrogens (tertiary/aromatic N) is 1. The van der Waals surface area contributed by atoms with Crippen molar-refractivity contribution in [2.75, 3.05) is 19.8 Å². The van der Waals surface area contributed by atoms with Gasteiger partial charge in [-0.3, -0.25) is 4.79 Å². The maximum absolute atomic E-state index is 12.9. The molecular weight excluding hydrogens is 338 g/mol. The molecule has 5 nitrogen and oxygen atoms in total. The van der Waals surface area contributed by atoms with Gasteiger partial charge in [-0.1, -0.05) is 6.07 Å². The van der Waals surface area contributed by atoms with Crippen LogP contribution in [0.15, 0.2) is 32.8 Å². The van der Waals surface area contributed by atoms with Crippen LogP contribution in [-0.2, 0) is 4.74 Å². The molecule has 4 rings (SSSR count). The lowest BCUT2D eigenvalue weighted by atomic mass is 9.94. The molecule has 2 fully saturated rings. The molecule has 0 radical (unpaired) electrons. The van der Waals surface area contributed by atoms with E-state index in [4.69, 9.17) is 9.15 Å². The fraction of sp³-hybridized carbons (Fsp3) is 0.474. The molecule has 0 saturated carbocycles. The molecule has 0 spiro atoms. The van der Waals surface area contributed by atoms with Crippen molar-refractivity contribution in [1.29, 1.82) is 0 Å². The molecule has 4 heterocycles. The molecule has 0 N–H and O–H groups in total. The van der Waals surface area contributed by atoms with E-state index < -0.39 is 5.63 Å². The number of carbonyl (C=O) groups is 1. The third kappa shape index (κ3) is 3.04. The zero-order valence-electron chi connectivity index (χ0n) is 14.2. The van der Waals surface area contributed by atoms with Crippen molar-refractivity contribution in [2.24, 2.45) is 0 Å². The molecule has 0 aliphatic carbocycles. The quantitative estimate of drug-likeness (QED) is 0.842. The Morgan fingerprint density at radius 3 is 2.68 bits per heavy atom. The monoisotopic (exact) mass is 359 g/mol. The first-order valence-electron chi connectivity index (χ1n) is 8.72. The molecule has 1 atom stereocenters. The second kappa shape index (κ2) is 6.77. The molecule has 2 aliphatic rings. The van der Waals surface area contributed by atoms with Crippen LogP contribution in [0.2, 0.25) is 0 Å². The normalized spacial score (nSPS) is 21.2. The summed E-state index contributed by atoms with van der Waals surface area (Å²) in [5.74, 6) is 0.669. The Labute approximate surface area is 150 Å². The van der Waals surface area contributed by atoms with Crippen LogP contribution in [0.3, 0.4) is 0 Å². The van der Waals surface area contributed by atoms with Gasteiger partial charge in [0.25, 0.3) is 5.91 Å². The van der Waals surface area contributed by atoms with Gasteiger partial charge in [0.2, 0.25) is 0 Å². The number of thiophene rings is 1. The summed E-state index contributed by atoms with van der Waals surface area (Å²) in [6.07, 6.45) is 2.64. The van der Waals surface area contributed by atoms with Gasteiger partial charge < -0.3 is 14.1 Å². The van der Waals surface area contributed by atoms with E-state index in [2.05, 4.69) is 0 Å². The highest BCUT2D eigenvalue weighted by Gasteiger charge is 2.36. The number of hydrogen-bond donors (Lipinski definition) is 0. The van der Waals surface area contributed by atoms with E-state index in [1.165, 1.54) is 4.88 Å². The van der Waals surface area contributed by atoms with Gasteiger partial charge in [0.1, 0.15) is 11.3 Å². The predicted molar refractivity (Wildman–Crippen MR) is 95.2 cm³/mol. The van der Waals surface area contributed by atoms with Crippen LogP contribution in [0.25, 0.3) is 0 Å². The molecule has 2 aromatic rings. The Hall–Kier alpha value is -1.92. The highest BCUT2D eigenvalue weighted by Crippen LogP contribution is 2.37. The van der Waals surface area contributed by atoms with E-state index in [0.29, 0.717) is 31.1 Å². The topological polar surface area (TPSA) is 59.8 Å². The van der Waals surface area contributed by atoms with Gasteiger partial charge in [0.15, 0.2) is 0 Å². The second-order valence-electron chi connectivity index (χ2n) is 6.70. The van der Waals surface area contributed by atoms with Gasteiger partial charge in [-0.2, -0.15) is 0 Å². The number of hydrogen-bond acceptors (Lipinski definition) is 5. The summed E-state index contributed by atoms with van der Waals surface area (Å²) in [5, 5.41) is 2.01. The Balaban J connectivity index is 1.60. The summed E-state index contributed by atoms with van der Waals surface area (Å²) < 4.78 is 10.9. The lowest BCUT2D eigenvalue weighted by molar-refractivity contribution is 0.0460. The molecule has 25 heavy (non-hydrogen) atoms.